The van der Waals surface area contributed by atoms with Crippen LogP contribution in [0.25, 0.3) is 10.9 Å². The molecular weight excluding hydrogens is 408 g/mol. The number of aromatic amines is 1. The first-order valence-electron chi connectivity index (χ1n) is 3.79. The number of fused-ring (bicyclic) bond motifs is 1. The molecule has 0 aliphatic rings. The van der Waals surface area contributed by atoms with Crippen LogP contribution in [0.1, 0.15) is 10.5 Å². The summed E-state index contributed by atoms with van der Waals surface area (Å²) in [6.45, 7) is 0. The van der Waals surface area contributed by atoms with Gasteiger partial charge in [0.2, 0.25) is 0 Å². The zero-order valence-electron chi connectivity index (χ0n) is 6.84. The van der Waals surface area contributed by atoms with Crippen LogP contribution in [0.15, 0.2) is 18.2 Å². The molecule has 2 aromatic rings. The topological polar surface area (TPSA) is 53.1 Å². The van der Waals surface area contributed by atoms with Crippen molar-refractivity contribution >= 4 is 62.1 Å². The van der Waals surface area contributed by atoms with Gasteiger partial charge in [0.05, 0.1) is 0 Å². The number of rotatable bonds is 1. The highest BCUT2D eigenvalue weighted by Gasteiger charge is 2.08. The molecule has 0 atom stereocenters. The average molecular weight is 413 g/mol. The summed E-state index contributed by atoms with van der Waals surface area (Å²) in [5, 5.41) is 9.73. The number of benzene rings is 1. The first-order chi connectivity index (χ1) is 6.58. The van der Waals surface area contributed by atoms with E-state index in [9.17, 15) is 4.79 Å². The number of H-pyrrole nitrogens is 1. The number of hydrogen-bond acceptors (Lipinski definition) is 1. The van der Waals surface area contributed by atoms with Crippen molar-refractivity contribution in [1.82, 2.24) is 4.98 Å². The van der Waals surface area contributed by atoms with Gasteiger partial charge in [-0.25, -0.2) is 4.79 Å². The molecule has 2 rings (SSSR count). The molecule has 0 unspecified atom stereocenters. The summed E-state index contributed by atoms with van der Waals surface area (Å²) in [6.07, 6.45) is 0. The van der Waals surface area contributed by atoms with E-state index >= 15 is 0 Å². The van der Waals surface area contributed by atoms with Gasteiger partial charge in [-0.05, 0) is 63.4 Å². The lowest BCUT2D eigenvalue weighted by molar-refractivity contribution is 0.0691. The second kappa shape index (κ2) is 3.69. The maximum Gasteiger partial charge on any atom is 0.352 e. The van der Waals surface area contributed by atoms with Gasteiger partial charge in [0.1, 0.15) is 5.69 Å². The van der Waals surface area contributed by atoms with Crippen molar-refractivity contribution in [2.24, 2.45) is 0 Å². The van der Waals surface area contributed by atoms with E-state index in [1.165, 1.54) is 0 Å². The van der Waals surface area contributed by atoms with Gasteiger partial charge in [-0.1, -0.05) is 0 Å². The van der Waals surface area contributed by atoms with E-state index in [0.717, 1.165) is 18.0 Å². The van der Waals surface area contributed by atoms with E-state index in [1.54, 1.807) is 6.07 Å². The van der Waals surface area contributed by atoms with E-state index in [2.05, 4.69) is 50.2 Å². The summed E-state index contributed by atoms with van der Waals surface area (Å²) in [5.74, 6) is -0.925. The third-order valence-corrected chi connectivity index (χ3v) is 4.71. The molecule has 1 heterocycles. The van der Waals surface area contributed by atoms with Gasteiger partial charge < -0.3 is 10.1 Å². The lowest BCUT2D eigenvalue weighted by Crippen LogP contribution is -1.94. The maximum absolute atomic E-state index is 10.7. The molecule has 1 aromatic heterocycles. The Bertz CT molecular complexity index is 480. The van der Waals surface area contributed by atoms with Crippen molar-refractivity contribution in [2.45, 2.75) is 0 Å². The number of carbonyl (C=O) groups is 1. The maximum atomic E-state index is 10.7. The molecule has 0 aliphatic carbocycles. The van der Waals surface area contributed by atoms with Crippen molar-refractivity contribution in [1.29, 1.82) is 0 Å². The minimum Gasteiger partial charge on any atom is -0.477 e. The van der Waals surface area contributed by atoms with Crippen molar-refractivity contribution in [3.05, 3.63) is 31.0 Å². The van der Waals surface area contributed by atoms with Crippen LogP contribution in [0.5, 0.6) is 0 Å². The number of hydrogen-bond donors (Lipinski definition) is 2. The van der Waals surface area contributed by atoms with Crippen LogP contribution in [0, 0.1) is 7.14 Å². The highest BCUT2D eigenvalue weighted by molar-refractivity contribution is 14.1. The summed E-state index contributed by atoms with van der Waals surface area (Å²) in [5.41, 5.74) is 1.10. The molecule has 3 nitrogen and oxygen atoms in total. The highest BCUT2D eigenvalue weighted by Crippen LogP contribution is 2.23. The Balaban J connectivity index is 2.72. The normalized spacial score (nSPS) is 10.7. The summed E-state index contributed by atoms with van der Waals surface area (Å²) in [7, 11) is 0. The minimum absolute atomic E-state index is 0.234. The fraction of sp³-hybridized carbons (Fsp3) is 0. The summed E-state index contributed by atoms with van der Waals surface area (Å²) in [4.78, 5) is 13.6. The molecular formula is C9H5I2NO2. The van der Waals surface area contributed by atoms with Crippen molar-refractivity contribution in [3.8, 4) is 0 Å². The Morgan fingerprint density at radius 2 is 1.86 bits per heavy atom. The lowest BCUT2D eigenvalue weighted by atomic mass is 10.2. The van der Waals surface area contributed by atoms with Crippen molar-refractivity contribution in [3.63, 3.8) is 0 Å². The van der Waals surface area contributed by atoms with Crippen LogP contribution in [-0.2, 0) is 0 Å². The number of aromatic carboxylic acids is 1. The first kappa shape index (κ1) is 10.2. The highest BCUT2D eigenvalue weighted by atomic mass is 127. The largest absolute Gasteiger partial charge is 0.477 e. The minimum atomic E-state index is -0.925. The SMILES string of the molecule is O=C(O)c1cc2cc(I)c(I)cc2[nH]1. The molecule has 2 N–H and O–H groups in total. The molecule has 0 fully saturated rings. The van der Waals surface area contributed by atoms with Gasteiger partial charge in [0.25, 0.3) is 0 Å². The molecule has 1 aromatic carbocycles. The Morgan fingerprint density at radius 3 is 2.50 bits per heavy atom. The second-order valence-electron chi connectivity index (χ2n) is 2.84. The average Bonchev–Trinajstić information content (AvgIpc) is 2.48. The van der Waals surface area contributed by atoms with Gasteiger partial charge in [0, 0.05) is 18.0 Å². The molecule has 14 heavy (non-hydrogen) atoms. The standard InChI is InChI=1S/C9H5I2NO2/c10-5-1-4-2-8(9(13)14)12-7(4)3-6(5)11/h1-3,12H,(H,13,14). The fourth-order valence-electron chi connectivity index (χ4n) is 1.24. The van der Waals surface area contributed by atoms with Crippen molar-refractivity contribution < 1.29 is 9.90 Å². The molecule has 0 saturated carbocycles. The van der Waals surface area contributed by atoms with E-state index in [4.69, 9.17) is 5.11 Å². The molecule has 0 bridgehead atoms. The van der Waals surface area contributed by atoms with Gasteiger partial charge in [-0.2, -0.15) is 0 Å². The number of halogens is 2. The Hall–Kier alpha value is -0.310. The second-order valence-corrected chi connectivity index (χ2v) is 5.17. The van der Waals surface area contributed by atoms with Gasteiger partial charge in [-0.15, -0.1) is 0 Å². The Morgan fingerprint density at radius 1 is 1.21 bits per heavy atom. The van der Waals surface area contributed by atoms with Crippen LogP contribution in [0.4, 0.5) is 0 Å². The molecule has 0 amide bonds. The number of carboxylic acids is 1. The summed E-state index contributed by atoms with van der Waals surface area (Å²) < 4.78 is 2.25. The lowest BCUT2D eigenvalue weighted by Gasteiger charge is -1.95. The van der Waals surface area contributed by atoms with Gasteiger partial charge in [-0.3, -0.25) is 0 Å². The zero-order valence-corrected chi connectivity index (χ0v) is 11.2. The van der Waals surface area contributed by atoms with Crippen LogP contribution in [-0.4, -0.2) is 16.1 Å². The first-order valence-corrected chi connectivity index (χ1v) is 5.95. The quantitative estimate of drug-likeness (QED) is 0.707. The third kappa shape index (κ3) is 1.74. The van der Waals surface area contributed by atoms with Gasteiger partial charge >= 0.3 is 5.97 Å². The molecule has 0 radical (unpaired) electrons. The number of aromatic nitrogens is 1. The van der Waals surface area contributed by atoms with E-state index in [-0.39, 0.29) is 5.69 Å². The Labute approximate surface area is 107 Å². The summed E-state index contributed by atoms with van der Waals surface area (Å²) >= 11 is 4.45. The van der Waals surface area contributed by atoms with E-state index in [1.807, 2.05) is 12.1 Å². The monoisotopic (exact) mass is 413 g/mol. The predicted molar refractivity (Wildman–Crippen MR) is 70.7 cm³/mol. The molecule has 0 aliphatic heterocycles. The van der Waals surface area contributed by atoms with Crippen LogP contribution >= 0.6 is 45.2 Å². The van der Waals surface area contributed by atoms with Crippen molar-refractivity contribution in [2.75, 3.05) is 0 Å². The Kier molecular flexibility index (Phi) is 2.69. The fourth-order valence-corrected chi connectivity index (χ4v) is 2.20. The van der Waals surface area contributed by atoms with Crippen LogP contribution in [0.2, 0.25) is 0 Å². The molecule has 5 heteroatoms. The van der Waals surface area contributed by atoms with Crippen LogP contribution < -0.4 is 0 Å². The zero-order chi connectivity index (χ0) is 10.3. The number of nitrogens with one attached hydrogen (secondary N) is 1. The number of carboxylic acid groups (broad SMARTS) is 1. The summed E-state index contributed by atoms with van der Waals surface area (Å²) in [6, 6.07) is 5.57. The van der Waals surface area contributed by atoms with E-state index < -0.39 is 5.97 Å². The molecule has 72 valence electrons. The van der Waals surface area contributed by atoms with E-state index in [0.29, 0.717) is 0 Å². The van der Waals surface area contributed by atoms with Gasteiger partial charge in [0.15, 0.2) is 0 Å². The van der Waals surface area contributed by atoms with Crippen LogP contribution in [0.3, 0.4) is 0 Å². The molecule has 0 spiro atoms. The third-order valence-electron chi connectivity index (χ3n) is 1.89. The predicted octanol–water partition coefficient (Wildman–Crippen LogP) is 3.08. The molecule has 0 saturated heterocycles. The smallest absolute Gasteiger partial charge is 0.352 e.